The van der Waals surface area contributed by atoms with E-state index in [1.807, 2.05) is 6.92 Å². The molecule has 0 aromatic heterocycles. The molecule has 1 unspecified atom stereocenters. The number of rotatable bonds is 9. The van der Waals surface area contributed by atoms with Crippen molar-refractivity contribution in [3.05, 3.63) is 23.5 Å². The van der Waals surface area contributed by atoms with Crippen molar-refractivity contribution < 1.29 is 34.9 Å². The molecule has 2 rings (SSSR count). The minimum Gasteiger partial charge on any atom is -0.488 e. The molecule has 10 heteroatoms. The lowest BCUT2D eigenvalue weighted by Crippen LogP contribution is -2.44. The second-order valence-electron chi connectivity index (χ2n) is 6.75. The van der Waals surface area contributed by atoms with E-state index >= 15 is 0 Å². The summed E-state index contributed by atoms with van der Waals surface area (Å²) in [6.07, 6.45) is 4.04. The molecule has 0 bridgehead atoms. The Kier molecular flexibility index (Phi) is 7.55. The standard InChI is InChI=1S/C18H25F4NO4S/c1-3-5-6-10-23(9-4-2)13-11-14-16(27-28(24,25)18(20,21)22)8-7-15(19)17(14)26-12-13/h7-8,13H,3-6,9-12H2,1-2H3. The van der Waals surface area contributed by atoms with E-state index in [0.29, 0.717) is 0 Å². The maximum absolute atomic E-state index is 14.1. The maximum Gasteiger partial charge on any atom is 0.534 e. The summed E-state index contributed by atoms with van der Waals surface area (Å²) in [6, 6.07) is 1.53. The molecule has 0 radical (unpaired) electrons. The molecule has 5 nitrogen and oxygen atoms in total. The quantitative estimate of drug-likeness (QED) is 0.255. The van der Waals surface area contributed by atoms with Crippen molar-refractivity contribution in [2.75, 3.05) is 19.7 Å². The summed E-state index contributed by atoms with van der Waals surface area (Å²) in [5, 5.41) is 0. The molecule has 0 aliphatic carbocycles. The second-order valence-corrected chi connectivity index (χ2v) is 8.29. The lowest BCUT2D eigenvalue weighted by atomic mass is 9.99. The molecule has 0 saturated carbocycles. The van der Waals surface area contributed by atoms with Crippen molar-refractivity contribution in [3.8, 4) is 11.5 Å². The van der Waals surface area contributed by atoms with Crippen molar-refractivity contribution in [1.82, 2.24) is 4.90 Å². The molecule has 1 aromatic carbocycles. The number of hydrogen-bond donors (Lipinski definition) is 0. The fourth-order valence-corrected chi connectivity index (χ4v) is 3.70. The molecule has 1 aliphatic heterocycles. The highest BCUT2D eigenvalue weighted by Crippen LogP contribution is 2.38. The van der Waals surface area contributed by atoms with Crippen molar-refractivity contribution in [3.63, 3.8) is 0 Å². The minimum absolute atomic E-state index is 0.000620. The van der Waals surface area contributed by atoms with Gasteiger partial charge in [-0.2, -0.15) is 21.6 Å². The van der Waals surface area contributed by atoms with E-state index in [2.05, 4.69) is 16.0 Å². The van der Waals surface area contributed by atoms with Crippen LogP contribution in [0.1, 0.15) is 45.1 Å². The predicted molar refractivity (Wildman–Crippen MR) is 96.4 cm³/mol. The van der Waals surface area contributed by atoms with Gasteiger partial charge in [-0.05, 0) is 44.5 Å². The van der Waals surface area contributed by atoms with Crippen LogP contribution < -0.4 is 8.92 Å². The number of hydrogen-bond acceptors (Lipinski definition) is 5. The van der Waals surface area contributed by atoms with Gasteiger partial charge in [-0.1, -0.05) is 26.7 Å². The number of fused-ring (bicyclic) bond motifs is 1. The Balaban J connectivity index is 2.29. The maximum atomic E-state index is 14.1. The van der Waals surface area contributed by atoms with Gasteiger partial charge in [0.15, 0.2) is 11.6 Å². The normalized spacial score (nSPS) is 17.3. The van der Waals surface area contributed by atoms with E-state index in [0.717, 1.165) is 50.9 Å². The van der Waals surface area contributed by atoms with Crippen LogP contribution in [0.2, 0.25) is 0 Å². The molecule has 0 amide bonds. The first-order valence-corrected chi connectivity index (χ1v) is 10.7. The zero-order valence-corrected chi connectivity index (χ0v) is 16.7. The van der Waals surface area contributed by atoms with Gasteiger partial charge in [-0.3, -0.25) is 4.90 Å². The molecule has 0 fully saturated rings. The fourth-order valence-electron chi connectivity index (χ4n) is 3.21. The topological polar surface area (TPSA) is 55.8 Å². The lowest BCUT2D eigenvalue weighted by Gasteiger charge is -2.35. The predicted octanol–water partition coefficient (Wildman–Crippen LogP) is 4.26. The van der Waals surface area contributed by atoms with Crippen molar-refractivity contribution in [2.45, 2.75) is 57.5 Å². The second kappa shape index (κ2) is 9.30. The number of unbranched alkanes of at least 4 members (excludes halogenated alkanes) is 2. The van der Waals surface area contributed by atoms with Gasteiger partial charge in [0.05, 0.1) is 0 Å². The third-order valence-electron chi connectivity index (χ3n) is 4.59. The van der Waals surface area contributed by atoms with Crippen LogP contribution in [0.5, 0.6) is 11.5 Å². The van der Waals surface area contributed by atoms with Crippen LogP contribution in [0.3, 0.4) is 0 Å². The zero-order valence-electron chi connectivity index (χ0n) is 15.9. The Morgan fingerprint density at radius 3 is 2.50 bits per heavy atom. The Morgan fingerprint density at radius 1 is 1.18 bits per heavy atom. The molecule has 28 heavy (non-hydrogen) atoms. The van der Waals surface area contributed by atoms with Gasteiger partial charge in [0, 0.05) is 11.6 Å². The first-order valence-electron chi connectivity index (χ1n) is 9.29. The van der Waals surface area contributed by atoms with Gasteiger partial charge in [0.2, 0.25) is 0 Å². The van der Waals surface area contributed by atoms with Crippen LogP contribution in [0.4, 0.5) is 17.6 Å². The van der Waals surface area contributed by atoms with E-state index in [1.54, 1.807) is 0 Å². The number of benzene rings is 1. The van der Waals surface area contributed by atoms with Gasteiger partial charge in [-0.15, -0.1) is 0 Å². The summed E-state index contributed by atoms with van der Waals surface area (Å²) < 4.78 is 84.7. The van der Waals surface area contributed by atoms with Gasteiger partial charge < -0.3 is 8.92 Å². The fraction of sp³-hybridized carbons (Fsp3) is 0.667. The average molecular weight is 427 g/mol. The van der Waals surface area contributed by atoms with Crippen LogP contribution in [0.15, 0.2) is 12.1 Å². The van der Waals surface area contributed by atoms with E-state index in [-0.39, 0.29) is 30.4 Å². The Hall–Kier alpha value is -1.55. The number of alkyl halides is 3. The average Bonchev–Trinajstić information content (AvgIpc) is 2.62. The van der Waals surface area contributed by atoms with Gasteiger partial charge in [0.25, 0.3) is 0 Å². The molecule has 1 atom stereocenters. The first-order chi connectivity index (χ1) is 13.1. The van der Waals surface area contributed by atoms with E-state index in [1.165, 1.54) is 0 Å². The highest BCUT2D eigenvalue weighted by molar-refractivity contribution is 7.88. The molecule has 1 aromatic rings. The number of halogens is 4. The van der Waals surface area contributed by atoms with Gasteiger partial charge in [-0.25, -0.2) is 4.39 Å². The van der Waals surface area contributed by atoms with Crippen LogP contribution in [0.25, 0.3) is 0 Å². The van der Waals surface area contributed by atoms with Crippen molar-refractivity contribution >= 4 is 10.1 Å². The summed E-state index contributed by atoms with van der Waals surface area (Å²) in [6.45, 7) is 5.79. The van der Waals surface area contributed by atoms with Gasteiger partial charge >= 0.3 is 15.6 Å². The molecule has 0 spiro atoms. The third kappa shape index (κ3) is 5.28. The Morgan fingerprint density at radius 2 is 1.89 bits per heavy atom. The number of nitrogens with zero attached hydrogens (tertiary/aromatic N) is 1. The first kappa shape index (κ1) is 22.7. The Labute approximate surface area is 162 Å². The third-order valence-corrected chi connectivity index (χ3v) is 5.55. The van der Waals surface area contributed by atoms with E-state index in [4.69, 9.17) is 4.74 Å². The smallest absolute Gasteiger partial charge is 0.488 e. The molecule has 0 saturated heterocycles. The highest BCUT2D eigenvalue weighted by atomic mass is 32.2. The van der Waals surface area contributed by atoms with Crippen LogP contribution in [-0.2, 0) is 16.5 Å². The molecule has 0 N–H and O–H groups in total. The summed E-state index contributed by atoms with van der Waals surface area (Å²) in [4.78, 5) is 2.14. The molecule has 1 aliphatic rings. The van der Waals surface area contributed by atoms with E-state index in [9.17, 15) is 26.0 Å². The van der Waals surface area contributed by atoms with Crippen molar-refractivity contribution in [1.29, 1.82) is 0 Å². The zero-order chi connectivity index (χ0) is 20.9. The SMILES string of the molecule is CCCCCN(CCC)C1COc2c(F)ccc(OS(=O)(=O)C(F)(F)F)c2C1. The van der Waals surface area contributed by atoms with Crippen molar-refractivity contribution in [2.24, 2.45) is 0 Å². The summed E-state index contributed by atoms with van der Waals surface area (Å²) in [7, 11) is -5.85. The molecular weight excluding hydrogens is 402 g/mol. The number of ether oxygens (including phenoxy) is 1. The monoisotopic (exact) mass is 427 g/mol. The summed E-state index contributed by atoms with van der Waals surface area (Å²) in [5.41, 5.74) is -5.57. The van der Waals surface area contributed by atoms with Crippen LogP contribution in [-0.4, -0.2) is 44.6 Å². The highest BCUT2D eigenvalue weighted by Gasteiger charge is 2.49. The Bertz CT molecular complexity index is 768. The minimum atomic E-state index is -5.85. The van der Waals surface area contributed by atoms with E-state index < -0.39 is 27.2 Å². The van der Waals surface area contributed by atoms with Crippen LogP contribution in [0, 0.1) is 5.82 Å². The molecular formula is C18H25F4NO4S. The largest absolute Gasteiger partial charge is 0.534 e. The molecule has 160 valence electrons. The summed E-state index contributed by atoms with van der Waals surface area (Å²) in [5.74, 6) is -1.57. The summed E-state index contributed by atoms with van der Waals surface area (Å²) >= 11 is 0. The van der Waals surface area contributed by atoms with Gasteiger partial charge in [0.1, 0.15) is 12.4 Å². The van der Waals surface area contributed by atoms with Crippen LogP contribution >= 0.6 is 0 Å². The lowest BCUT2D eigenvalue weighted by molar-refractivity contribution is -0.0500. The molecule has 1 heterocycles.